The van der Waals surface area contributed by atoms with E-state index in [4.69, 9.17) is 23.2 Å². The van der Waals surface area contributed by atoms with Crippen molar-refractivity contribution in [3.63, 3.8) is 0 Å². The summed E-state index contributed by atoms with van der Waals surface area (Å²) in [6.07, 6.45) is 2.53. The molecule has 9 heteroatoms. The average molecular weight is 487 g/mol. The van der Waals surface area contributed by atoms with Crippen molar-refractivity contribution in [1.82, 2.24) is 9.62 Å². The molecule has 0 aromatic heterocycles. The highest BCUT2D eigenvalue weighted by Crippen LogP contribution is 2.26. The number of amides is 1. The number of sulfonamides is 1. The van der Waals surface area contributed by atoms with Crippen LogP contribution < -0.4 is 5.32 Å². The molecule has 0 spiro atoms. The van der Waals surface area contributed by atoms with Gasteiger partial charge in [0.15, 0.2) is 0 Å². The van der Waals surface area contributed by atoms with E-state index in [1.54, 1.807) is 0 Å². The Balaban J connectivity index is 1.44. The first-order chi connectivity index (χ1) is 14.8. The zero-order valence-corrected chi connectivity index (χ0v) is 19.3. The lowest BCUT2D eigenvalue weighted by Crippen LogP contribution is -2.43. The Bertz CT molecular complexity index is 988. The Kier molecular flexibility index (Phi) is 8.33. The zero-order chi connectivity index (χ0) is 22.4. The standard InChI is InChI=1S/C22H25Cl2FN2O3S/c23-18-8-6-16(7-9-18)3-2-12-26-22(28)17-10-13-27(14-11-17)31(29,30)15-19-20(24)4-1-5-21(19)25/h1,4-9,17H,2-3,10-15H2,(H,26,28). The summed E-state index contributed by atoms with van der Waals surface area (Å²) in [6, 6.07) is 11.7. The van der Waals surface area contributed by atoms with E-state index in [-0.39, 0.29) is 35.5 Å². The largest absolute Gasteiger partial charge is 0.356 e. The highest BCUT2D eigenvalue weighted by molar-refractivity contribution is 7.88. The van der Waals surface area contributed by atoms with Gasteiger partial charge >= 0.3 is 0 Å². The Morgan fingerprint density at radius 3 is 2.42 bits per heavy atom. The molecule has 3 rings (SSSR count). The topological polar surface area (TPSA) is 66.5 Å². The lowest BCUT2D eigenvalue weighted by Gasteiger charge is -2.30. The van der Waals surface area contributed by atoms with E-state index in [9.17, 15) is 17.6 Å². The molecule has 1 N–H and O–H groups in total. The zero-order valence-electron chi connectivity index (χ0n) is 17.0. The molecule has 31 heavy (non-hydrogen) atoms. The molecule has 2 aromatic rings. The summed E-state index contributed by atoms with van der Waals surface area (Å²) in [5, 5.41) is 3.73. The molecule has 1 amide bonds. The van der Waals surface area contributed by atoms with Gasteiger partial charge in [0.05, 0.1) is 5.75 Å². The van der Waals surface area contributed by atoms with Gasteiger partial charge in [-0.25, -0.2) is 17.1 Å². The number of carbonyl (C=O) groups is 1. The second-order valence-electron chi connectivity index (χ2n) is 7.65. The van der Waals surface area contributed by atoms with Crippen molar-refractivity contribution in [3.05, 3.63) is 69.5 Å². The summed E-state index contributed by atoms with van der Waals surface area (Å²) in [5.41, 5.74) is 1.14. The molecule has 0 aliphatic carbocycles. The number of nitrogens with one attached hydrogen (secondary N) is 1. The molecule has 1 saturated heterocycles. The predicted octanol–water partition coefficient (Wildman–Crippen LogP) is 4.42. The molecule has 1 aliphatic rings. The van der Waals surface area contributed by atoms with Crippen LogP contribution in [0.4, 0.5) is 4.39 Å². The van der Waals surface area contributed by atoms with Crippen molar-refractivity contribution >= 4 is 39.1 Å². The normalized spacial score (nSPS) is 15.7. The van der Waals surface area contributed by atoms with Gasteiger partial charge in [-0.3, -0.25) is 4.79 Å². The van der Waals surface area contributed by atoms with Crippen LogP contribution in [0, 0.1) is 11.7 Å². The van der Waals surface area contributed by atoms with Crippen molar-refractivity contribution in [2.45, 2.75) is 31.4 Å². The minimum atomic E-state index is -3.72. The fourth-order valence-electron chi connectivity index (χ4n) is 3.64. The quantitative estimate of drug-likeness (QED) is 0.561. The Morgan fingerprint density at radius 1 is 1.10 bits per heavy atom. The van der Waals surface area contributed by atoms with E-state index in [1.807, 2.05) is 24.3 Å². The third-order valence-electron chi connectivity index (χ3n) is 5.46. The van der Waals surface area contributed by atoms with Gasteiger partial charge in [-0.1, -0.05) is 41.4 Å². The first-order valence-electron chi connectivity index (χ1n) is 10.2. The number of piperidine rings is 1. The van der Waals surface area contributed by atoms with E-state index in [2.05, 4.69) is 5.32 Å². The third-order valence-corrected chi connectivity index (χ3v) is 7.87. The predicted molar refractivity (Wildman–Crippen MR) is 121 cm³/mol. The smallest absolute Gasteiger partial charge is 0.223 e. The summed E-state index contributed by atoms with van der Waals surface area (Å²) in [4.78, 5) is 12.4. The van der Waals surface area contributed by atoms with Crippen molar-refractivity contribution < 1.29 is 17.6 Å². The molecule has 1 heterocycles. The van der Waals surface area contributed by atoms with Crippen molar-refractivity contribution in [2.24, 2.45) is 5.92 Å². The maximum absolute atomic E-state index is 14.0. The number of hydrogen-bond acceptors (Lipinski definition) is 3. The number of carbonyl (C=O) groups excluding carboxylic acids is 1. The molecule has 0 radical (unpaired) electrons. The lowest BCUT2D eigenvalue weighted by molar-refractivity contribution is -0.126. The summed E-state index contributed by atoms with van der Waals surface area (Å²) in [7, 11) is -3.72. The van der Waals surface area contributed by atoms with Gasteiger partial charge in [-0.05, 0) is 55.5 Å². The van der Waals surface area contributed by atoms with Gasteiger partial charge in [-0.15, -0.1) is 0 Å². The van der Waals surface area contributed by atoms with Gasteiger partial charge in [0.25, 0.3) is 0 Å². The van der Waals surface area contributed by atoms with Gasteiger partial charge < -0.3 is 5.32 Å². The average Bonchev–Trinajstić information content (AvgIpc) is 2.75. The van der Waals surface area contributed by atoms with Crippen molar-refractivity contribution in [2.75, 3.05) is 19.6 Å². The summed E-state index contributed by atoms with van der Waals surface area (Å²) in [5.74, 6) is -1.40. The second-order valence-corrected chi connectivity index (χ2v) is 10.5. The van der Waals surface area contributed by atoms with Crippen LogP contribution in [0.5, 0.6) is 0 Å². The Hall–Kier alpha value is -1.67. The van der Waals surface area contributed by atoms with E-state index in [0.29, 0.717) is 24.4 Å². The van der Waals surface area contributed by atoms with Gasteiger partial charge in [0, 0.05) is 41.2 Å². The van der Waals surface area contributed by atoms with Gasteiger partial charge in [-0.2, -0.15) is 0 Å². The number of nitrogens with zero attached hydrogens (tertiary/aromatic N) is 1. The first-order valence-corrected chi connectivity index (χ1v) is 12.6. The Labute approximate surface area is 192 Å². The second kappa shape index (κ2) is 10.8. The molecular weight excluding hydrogens is 462 g/mol. The van der Waals surface area contributed by atoms with Crippen LogP contribution in [-0.4, -0.2) is 38.3 Å². The summed E-state index contributed by atoms with van der Waals surface area (Å²) >= 11 is 11.8. The van der Waals surface area contributed by atoms with Crippen LogP contribution in [0.3, 0.4) is 0 Å². The summed E-state index contributed by atoms with van der Waals surface area (Å²) in [6.45, 7) is 1.03. The van der Waals surface area contributed by atoms with E-state index in [1.165, 1.54) is 22.5 Å². The number of halogens is 3. The lowest BCUT2D eigenvalue weighted by atomic mass is 9.97. The van der Waals surface area contributed by atoms with Crippen LogP contribution in [-0.2, 0) is 27.0 Å². The molecule has 0 bridgehead atoms. The van der Waals surface area contributed by atoms with E-state index < -0.39 is 21.6 Å². The van der Waals surface area contributed by atoms with Crippen LogP contribution in [0.1, 0.15) is 30.4 Å². The molecule has 0 saturated carbocycles. The van der Waals surface area contributed by atoms with E-state index >= 15 is 0 Å². The molecule has 1 aliphatic heterocycles. The Morgan fingerprint density at radius 2 is 1.77 bits per heavy atom. The van der Waals surface area contributed by atoms with Gasteiger partial charge in [0.2, 0.25) is 15.9 Å². The molecule has 0 atom stereocenters. The molecule has 2 aromatic carbocycles. The number of benzene rings is 2. The molecule has 168 valence electrons. The van der Waals surface area contributed by atoms with E-state index in [0.717, 1.165) is 18.4 Å². The van der Waals surface area contributed by atoms with Gasteiger partial charge in [0.1, 0.15) is 5.82 Å². The first kappa shape index (κ1) is 24.0. The van der Waals surface area contributed by atoms with Crippen LogP contribution in [0.2, 0.25) is 10.0 Å². The number of hydrogen-bond donors (Lipinski definition) is 1. The fraction of sp³-hybridized carbons (Fsp3) is 0.409. The fourth-order valence-corrected chi connectivity index (χ4v) is 5.68. The maximum Gasteiger partial charge on any atom is 0.223 e. The minimum absolute atomic E-state index is 0.0234. The molecule has 5 nitrogen and oxygen atoms in total. The molecule has 1 fully saturated rings. The SMILES string of the molecule is O=C(NCCCc1ccc(Cl)cc1)C1CCN(S(=O)(=O)Cc2c(F)cccc2Cl)CC1. The van der Waals surface area contributed by atoms with Crippen LogP contribution in [0.15, 0.2) is 42.5 Å². The van der Waals surface area contributed by atoms with Crippen LogP contribution in [0.25, 0.3) is 0 Å². The maximum atomic E-state index is 14.0. The molecular formula is C22H25Cl2FN2O3S. The van der Waals surface area contributed by atoms with Crippen molar-refractivity contribution in [3.8, 4) is 0 Å². The van der Waals surface area contributed by atoms with Crippen molar-refractivity contribution in [1.29, 1.82) is 0 Å². The van der Waals surface area contributed by atoms with Crippen LogP contribution >= 0.6 is 23.2 Å². The highest BCUT2D eigenvalue weighted by Gasteiger charge is 2.32. The minimum Gasteiger partial charge on any atom is -0.356 e. The number of aryl methyl sites for hydroxylation is 1. The number of rotatable bonds is 8. The summed E-state index contributed by atoms with van der Waals surface area (Å²) < 4.78 is 40.7. The third kappa shape index (κ3) is 6.65. The highest BCUT2D eigenvalue weighted by atomic mass is 35.5. The monoisotopic (exact) mass is 486 g/mol. The molecule has 0 unspecified atom stereocenters.